The van der Waals surface area contributed by atoms with Crippen LogP contribution in [0.15, 0.2) is 0 Å². The molecule has 1 aromatic rings. The molecular weight excluding hydrogens is 278 g/mol. The minimum Gasteiger partial charge on any atom is -0.374 e. The molecule has 2 amide bonds. The van der Waals surface area contributed by atoms with Crippen LogP contribution in [-0.2, 0) is 16.1 Å². The molecule has 1 aromatic heterocycles. The Labute approximate surface area is 121 Å². The van der Waals surface area contributed by atoms with Crippen molar-refractivity contribution >= 4 is 28.3 Å². The van der Waals surface area contributed by atoms with Gasteiger partial charge in [0.2, 0.25) is 11.8 Å². The maximum Gasteiger partial charge on any atom is 0.246 e. The van der Waals surface area contributed by atoms with Crippen LogP contribution in [0.4, 0.5) is 5.00 Å². The Balaban J connectivity index is 2.14. The molecule has 0 atom stereocenters. The lowest BCUT2D eigenvalue weighted by atomic mass is 9.98. The molecule has 2 heterocycles. The first-order valence-electron chi connectivity index (χ1n) is 6.59. The Morgan fingerprint density at radius 2 is 2.20 bits per heavy atom. The number of carbonyl (C=O) groups is 2. The normalized spacial score (nSPS) is 18.9. The lowest BCUT2D eigenvalue weighted by Crippen LogP contribution is -2.63. The van der Waals surface area contributed by atoms with Crippen molar-refractivity contribution in [1.29, 1.82) is 0 Å². The second-order valence-corrected chi connectivity index (χ2v) is 6.02. The van der Waals surface area contributed by atoms with E-state index in [-0.39, 0.29) is 18.4 Å². The summed E-state index contributed by atoms with van der Waals surface area (Å²) in [4.78, 5) is 25.3. The van der Waals surface area contributed by atoms with E-state index < -0.39 is 5.54 Å². The molecule has 0 unspecified atom stereocenters. The second kappa shape index (κ2) is 5.84. The van der Waals surface area contributed by atoms with Gasteiger partial charge in [0.15, 0.2) is 0 Å². The Morgan fingerprint density at radius 1 is 1.45 bits per heavy atom. The average molecular weight is 297 g/mol. The summed E-state index contributed by atoms with van der Waals surface area (Å²) in [7, 11) is 0. The van der Waals surface area contributed by atoms with Crippen molar-refractivity contribution in [3.63, 3.8) is 0 Å². The Kier molecular flexibility index (Phi) is 4.34. The molecule has 0 spiro atoms. The summed E-state index contributed by atoms with van der Waals surface area (Å²) in [6, 6.07) is 0. The van der Waals surface area contributed by atoms with Crippen molar-refractivity contribution in [2.45, 2.75) is 39.3 Å². The fourth-order valence-electron chi connectivity index (χ4n) is 1.95. The number of amides is 2. The van der Waals surface area contributed by atoms with E-state index in [0.29, 0.717) is 6.54 Å². The smallest absolute Gasteiger partial charge is 0.246 e. The van der Waals surface area contributed by atoms with Gasteiger partial charge in [0.25, 0.3) is 0 Å². The van der Waals surface area contributed by atoms with Gasteiger partial charge in [-0.25, -0.2) is 0 Å². The van der Waals surface area contributed by atoms with Crippen LogP contribution in [0.2, 0.25) is 0 Å². The molecule has 0 aromatic carbocycles. The molecule has 1 aliphatic rings. The van der Waals surface area contributed by atoms with E-state index in [9.17, 15) is 9.59 Å². The number of nitrogens with zero attached hydrogens (tertiary/aromatic N) is 3. The van der Waals surface area contributed by atoms with Gasteiger partial charge in [0.05, 0.1) is 12.1 Å². The molecule has 0 bridgehead atoms. The summed E-state index contributed by atoms with van der Waals surface area (Å²) in [6.07, 6.45) is 1.01. The number of nitrogens with one attached hydrogen (secondary N) is 2. The molecule has 0 radical (unpaired) electrons. The van der Waals surface area contributed by atoms with E-state index in [1.165, 1.54) is 11.5 Å². The van der Waals surface area contributed by atoms with Crippen LogP contribution in [0.3, 0.4) is 0 Å². The summed E-state index contributed by atoms with van der Waals surface area (Å²) in [5, 5.41) is 10.6. The largest absolute Gasteiger partial charge is 0.374 e. The van der Waals surface area contributed by atoms with Gasteiger partial charge in [0.1, 0.15) is 10.7 Å². The third kappa shape index (κ3) is 2.96. The zero-order valence-electron chi connectivity index (χ0n) is 11.9. The third-order valence-electron chi connectivity index (χ3n) is 3.37. The highest BCUT2D eigenvalue weighted by atomic mass is 32.1. The van der Waals surface area contributed by atoms with Crippen LogP contribution in [0.25, 0.3) is 0 Å². The standard InChI is InChI=1S/C12H19N5O2S/c1-4-5-13-10-8(15-16-20-10)6-17-7-9(18)14-11(19)12(17,2)3/h13H,4-7H2,1-3H3,(H,14,18,19). The fourth-order valence-corrected chi connectivity index (χ4v) is 2.55. The number of piperazine rings is 1. The molecule has 1 fully saturated rings. The maximum atomic E-state index is 11.9. The Morgan fingerprint density at radius 3 is 2.90 bits per heavy atom. The van der Waals surface area contributed by atoms with Crippen molar-refractivity contribution in [3.8, 4) is 0 Å². The van der Waals surface area contributed by atoms with Gasteiger partial charge in [-0.1, -0.05) is 11.4 Å². The van der Waals surface area contributed by atoms with Gasteiger partial charge in [-0.2, -0.15) is 0 Å². The Hall–Kier alpha value is -1.54. The molecule has 0 aliphatic carbocycles. The molecule has 20 heavy (non-hydrogen) atoms. The summed E-state index contributed by atoms with van der Waals surface area (Å²) in [6.45, 7) is 7.14. The predicted octanol–water partition coefficient (Wildman–Crippen LogP) is 0.597. The summed E-state index contributed by atoms with van der Waals surface area (Å²) in [5.41, 5.74) is 0.0403. The SMILES string of the molecule is CCCNc1snnc1CN1CC(=O)NC(=O)C1(C)C. The van der Waals surface area contributed by atoms with E-state index in [1.807, 2.05) is 4.90 Å². The van der Waals surface area contributed by atoms with Gasteiger partial charge in [-0.05, 0) is 20.3 Å². The van der Waals surface area contributed by atoms with E-state index in [2.05, 4.69) is 27.1 Å². The van der Waals surface area contributed by atoms with Crippen molar-refractivity contribution in [2.24, 2.45) is 0 Å². The second-order valence-electron chi connectivity index (χ2n) is 5.27. The molecule has 1 aliphatic heterocycles. The maximum absolute atomic E-state index is 11.9. The summed E-state index contributed by atoms with van der Waals surface area (Å²) >= 11 is 1.30. The number of aromatic nitrogens is 2. The van der Waals surface area contributed by atoms with E-state index >= 15 is 0 Å². The molecule has 0 saturated carbocycles. The fraction of sp³-hybridized carbons (Fsp3) is 0.667. The Bertz CT molecular complexity index is 514. The minimum atomic E-state index is -0.737. The molecule has 110 valence electrons. The number of hydrogen-bond acceptors (Lipinski definition) is 7. The molecule has 2 N–H and O–H groups in total. The number of anilines is 1. The molecule has 8 heteroatoms. The molecule has 7 nitrogen and oxygen atoms in total. The summed E-state index contributed by atoms with van der Waals surface area (Å²) < 4.78 is 3.94. The quantitative estimate of drug-likeness (QED) is 0.774. The minimum absolute atomic E-state index is 0.184. The van der Waals surface area contributed by atoms with Crippen LogP contribution >= 0.6 is 11.5 Å². The summed E-state index contributed by atoms with van der Waals surface area (Å²) in [5.74, 6) is -0.555. The number of carbonyl (C=O) groups excluding carboxylic acids is 2. The topological polar surface area (TPSA) is 87.2 Å². The first kappa shape index (κ1) is 14.9. The average Bonchev–Trinajstić information content (AvgIpc) is 2.81. The van der Waals surface area contributed by atoms with E-state index in [0.717, 1.165) is 23.7 Å². The van der Waals surface area contributed by atoms with Crippen LogP contribution in [0, 0.1) is 0 Å². The van der Waals surface area contributed by atoms with Gasteiger partial charge < -0.3 is 5.32 Å². The van der Waals surface area contributed by atoms with Crippen LogP contribution in [0.1, 0.15) is 32.9 Å². The number of imide groups is 1. The number of hydrogen-bond donors (Lipinski definition) is 2. The van der Waals surface area contributed by atoms with Gasteiger partial charge >= 0.3 is 0 Å². The first-order chi connectivity index (χ1) is 9.45. The number of rotatable bonds is 5. The monoisotopic (exact) mass is 297 g/mol. The van der Waals surface area contributed by atoms with Crippen molar-refractivity contribution in [1.82, 2.24) is 19.8 Å². The van der Waals surface area contributed by atoms with Crippen molar-refractivity contribution in [2.75, 3.05) is 18.4 Å². The van der Waals surface area contributed by atoms with Gasteiger partial charge in [0, 0.05) is 24.6 Å². The highest BCUT2D eigenvalue weighted by molar-refractivity contribution is 7.10. The molecule has 1 saturated heterocycles. The van der Waals surface area contributed by atoms with Crippen molar-refractivity contribution in [3.05, 3.63) is 5.69 Å². The lowest BCUT2D eigenvalue weighted by molar-refractivity contribution is -0.145. The van der Waals surface area contributed by atoms with Crippen LogP contribution in [0.5, 0.6) is 0 Å². The van der Waals surface area contributed by atoms with Crippen LogP contribution in [-0.4, -0.2) is 44.9 Å². The molecular formula is C12H19N5O2S. The lowest BCUT2D eigenvalue weighted by Gasteiger charge is -2.39. The van der Waals surface area contributed by atoms with Crippen molar-refractivity contribution < 1.29 is 9.59 Å². The zero-order chi connectivity index (χ0) is 14.8. The van der Waals surface area contributed by atoms with E-state index in [1.54, 1.807) is 13.8 Å². The third-order valence-corrected chi connectivity index (χ3v) is 4.09. The van der Waals surface area contributed by atoms with Gasteiger partial charge in [-0.3, -0.25) is 19.8 Å². The first-order valence-corrected chi connectivity index (χ1v) is 7.37. The zero-order valence-corrected chi connectivity index (χ0v) is 12.7. The predicted molar refractivity (Wildman–Crippen MR) is 76.3 cm³/mol. The highest BCUT2D eigenvalue weighted by Crippen LogP contribution is 2.25. The molecule has 2 rings (SSSR count). The highest BCUT2D eigenvalue weighted by Gasteiger charge is 2.41. The van der Waals surface area contributed by atoms with Crippen LogP contribution < -0.4 is 10.6 Å². The van der Waals surface area contributed by atoms with Gasteiger partial charge in [-0.15, -0.1) is 5.10 Å². The van der Waals surface area contributed by atoms with E-state index in [4.69, 9.17) is 0 Å².